The van der Waals surface area contributed by atoms with E-state index in [9.17, 15) is 9.59 Å². The number of anilines is 1. The number of rotatable bonds is 5. The van der Waals surface area contributed by atoms with Gasteiger partial charge in [-0.3, -0.25) is 4.79 Å². The van der Waals surface area contributed by atoms with Crippen molar-refractivity contribution in [3.63, 3.8) is 0 Å². The summed E-state index contributed by atoms with van der Waals surface area (Å²) in [5.74, 6) is 0.602. The van der Waals surface area contributed by atoms with E-state index in [2.05, 4.69) is 5.32 Å². The van der Waals surface area contributed by atoms with Gasteiger partial charge in [0.05, 0.1) is 19.7 Å². The number of aryl methyl sites for hydroxylation is 1. The first-order valence-electron chi connectivity index (χ1n) is 7.63. The van der Waals surface area contributed by atoms with Crippen LogP contribution < -0.4 is 10.1 Å². The molecule has 1 aromatic carbocycles. The Morgan fingerprint density at radius 1 is 1.16 bits per heavy atom. The molecule has 0 aliphatic carbocycles. The number of carbonyl (C=O) groups is 2. The van der Waals surface area contributed by atoms with Gasteiger partial charge >= 0.3 is 5.97 Å². The van der Waals surface area contributed by atoms with Gasteiger partial charge in [0.2, 0.25) is 5.91 Å². The lowest BCUT2D eigenvalue weighted by molar-refractivity contribution is -0.116. The average molecular weight is 342 g/mol. The molecule has 3 aromatic rings. The summed E-state index contributed by atoms with van der Waals surface area (Å²) in [6.07, 6.45) is 0. The Labute approximate surface area is 144 Å². The van der Waals surface area contributed by atoms with E-state index in [0.717, 1.165) is 0 Å². The Hall–Kier alpha value is -3.22. The van der Waals surface area contributed by atoms with E-state index in [-0.39, 0.29) is 18.1 Å². The zero-order valence-electron chi connectivity index (χ0n) is 14.2. The fourth-order valence-corrected chi connectivity index (χ4v) is 2.63. The molecular formula is C18H18N2O5. The molecule has 0 saturated heterocycles. The van der Waals surface area contributed by atoms with Crippen molar-refractivity contribution in [1.29, 1.82) is 0 Å². The molecule has 0 saturated carbocycles. The maximum atomic E-state index is 12.4. The number of aromatic nitrogens is 1. The number of carbonyl (C=O) groups excluding carboxylic acids is 2. The lowest BCUT2D eigenvalue weighted by Crippen LogP contribution is -2.21. The van der Waals surface area contributed by atoms with E-state index in [4.69, 9.17) is 13.9 Å². The van der Waals surface area contributed by atoms with Crippen molar-refractivity contribution >= 4 is 28.7 Å². The molecule has 7 heteroatoms. The molecule has 25 heavy (non-hydrogen) atoms. The fraction of sp³-hybridized carbons (Fsp3) is 0.222. The van der Waals surface area contributed by atoms with Crippen molar-refractivity contribution in [3.05, 3.63) is 47.9 Å². The van der Waals surface area contributed by atoms with Crippen LogP contribution in [-0.2, 0) is 16.1 Å². The third-order valence-corrected chi connectivity index (χ3v) is 3.78. The van der Waals surface area contributed by atoms with Crippen LogP contribution in [0.2, 0.25) is 0 Å². The van der Waals surface area contributed by atoms with Crippen LogP contribution in [0.1, 0.15) is 16.2 Å². The van der Waals surface area contributed by atoms with E-state index >= 15 is 0 Å². The smallest absolute Gasteiger partial charge is 0.354 e. The molecule has 130 valence electrons. The monoisotopic (exact) mass is 342 g/mol. The molecule has 2 heterocycles. The Kier molecular flexibility index (Phi) is 4.47. The second-order valence-electron chi connectivity index (χ2n) is 5.49. The number of hydrogen-bond donors (Lipinski definition) is 1. The van der Waals surface area contributed by atoms with Crippen LogP contribution in [0.4, 0.5) is 5.69 Å². The number of fused-ring (bicyclic) bond motifs is 1. The Balaban J connectivity index is 1.85. The minimum Gasteiger partial charge on any atom is -0.497 e. The summed E-state index contributed by atoms with van der Waals surface area (Å²) in [5.41, 5.74) is 2.11. The highest BCUT2D eigenvalue weighted by atomic mass is 16.5. The molecular weight excluding hydrogens is 324 g/mol. The molecule has 0 aliphatic heterocycles. The summed E-state index contributed by atoms with van der Waals surface area (Å²) in [7, 11) is 2.87. The van der Waals surface area contributed by atoms with Gasteiger partial charge in [-0.15, -0.1) is 0 Å². The Morgan fingerprint density at radius 3 is 2.52 bits per heavy atom. The third-order valence-electron chi connectivity index (χ3n) is 3.78. The summed E-state index contributed by atoms with van der Waals surface area (Å²) in [6, 6.07) is 10.3. The van der Waals surface area contributed by atoms with Gasteiger partial charge in [-0.2, -0.15) is 0 Å². The summed E-state index contributed by atoms with van der Waals surface area (Å²) in [4.78, 5) is 24.4. The number of hydrogen-bond acceptors (Lipinski definition) is 5. The van der Waals surface area contributed by atoms with E-state index in [1.807, 2.05) is 0 Å². The van der Waals surface area contributed by atoms with E-state index in [1.165, 1.54) is 7.11 Å². The number of benzene rings is 1. The van der Waals surface area contributed by atoms with Crippen LogP contribution >= 0.6 is 0 Å². The molecule has 0 fully saturated rings. The largest absolute Gasteiger partial charge is 0.497 e. The van der Waals surface area contributed by atoms with Crippen molar-refractivity contribution in [2.24, 2.45) is 0 Å². The lowest BCUT2D eigenvalue weighted by atomic mass is 10.3. The van der Waals surface area contributed by atoms with Crippen LogP contribution in [0, 0.1) is 6.92 Å². The van der Waals surface area contributed by atoms with E-state index < -0.39 is 5.97 Å². The first kappa shape index (κ1) is 16.6. The predicted octanol–water partition coefficient (Wildman–Crippen LogP) is 2.98. The number of amides is 1. The molecule has 0 spiro atoms. The van der Waals surface area contributed by atoms with Crippen LogP contribution in [-0.4, -0.2) is 30.7 Å². The summed E-state index contributed by atoms with van der Waals surface area (Å²) in [5, 5.41) is 2.79. The summed E-state index contributed by atoms with van der Waals surface area (Å²) in [6.45, 7) is 1.76. The maximum Gasteiger partial charge on any atom is 0.354 e. The molecule has 0 atom stereocenters. The highest BCUT2D eigenvalue weighted by Crippen LogP contribution is 2.24. The molecule has 2 aromatic heterocycles. The summed E-state index contributed by atoms with van der Waals surface area (Å²) >= 11 is 0. The topological polar surface area (TPSA) is 82.7 Å². The van der Waals surface area contributed by atoms with E-state index in [1.54, 1.807) is 55.0 Å². The first-order chi connectivity index (χ1) is 12.0. The number of nitrogens with zero attached hydrogens (tertiary/aromatic N) is 1. The predicted molar refractivity (Wildman–Crippen MR) is 91.9 cm³/mol. The van der Waals surface area contributed by atoms with Crippen molar-refractivity contribution in [2.45, 2.75) is 13.5 Å². The van der Waals surface area contributed by atoms with Crippen molar-refractivity contribution in [2.75, 3.05) is 19.5 Å². The van der Waals surface area contributed by atoms with Gasteiger partial charge in [0.1, 0.15) is 23.7 Å². The van der Waals surface area contributed by atoms with Gasteiger partial charge in [-0.1, -0.05) is 0 Å². The highest BCUT2D eigenvalue weighted by molar-refractivity contribution is 5.97. The van der Waals surface area contributed by atoms with Gasteiger partial charge in [0.25, 0.3) is 0 Å². The van der Waals surface area contributed by atoms with Crippen LogP contribution in [0.15, 0.2) is 40.8 Å². The first-order valence-corrected chi connectivity index (χ1v) is 7.63. The van der Waals surface area contributed by atoms with Crippen molar-refractivity contribution in [1.82, 2.24) is 4.57 Å². The number of nitrogens with one attached hydrogen (secondary N) is 1. The van der Waals surface area contributed by atoms with Crippen LogP contribution in [0.3, 0.4) is 0 Å². The van der Waals surface area contributed by atoms with Gasteiger partial charge in [-0.05, 0) is 31.2 Å². The minimum atomic E-state index is -0.527. The second-order valence-corrected chi connectivity index (χ2v) is 5.49. The molecule has 0 radical (unpaired) electrons. The molecule has 7 nitrogen and oxygen atoms in total. The van der Waals surface area contributed by atoms with Gasteiger partial charge in [-0.25, -0.2) is 4.79 Å². The lowest BCUT2D eigenvalue weighted by Gasteiger charge is -2.10. The fourth-order valence-electron chi connectivity index (χ4n) is 2.63. The molecule has 0 aliphatic rings. The van der Waals surface area contributed by atoms with E-state index in [0.29, 0.717) is 28.3 Å². The van der Waals surface area contributed by atoms with Crippen LogP contribution in [0.25, 0.3) is 11.1 Å². The van der Waals surface area contributed by atoms with Crippen LogP contribution in [0.5, 0.6) is 5.75 Å². The SMILES string of the molecule is COC(=O)c1cc2oc(C)cc2n1CC(=O)Nc1ccc(OC)cc1. The normalized spacial score (nSPS) is 10.7. The zero-order valence-corrected chi connectivity index (χ0v) is 14.2. The summed E-state index contributed by atoms with van der Waals surface area (Å²) < 4.78 is 17.0. The zero-order chi connectivity index (χ0) is 18.0. The highest BCUT2D eigenvalue weighted by Gasteiger charge is 2.20. The molecule has 3 rings (SSSR count). The molecule has 0 bridgehead atoms. The number of ether oxygens (including phenoxy) is 2. The van der Waals surface area contributed by atoms with Gasteiger partial charge in [0.15, 0.2) is 5.58 Å². The molecule has 0 unspecified atom stereocenters. The number of furan rings is 1. The average Bonchev–Trinajstić information content (AvgIpc) is 3.12. The Morgan fingerprint density at radius 2 is 1.88 bits per heavy atom. The van der Waals surface area contributed by atoms with Gasteiger partial charge < -0.3 is 23.8 Å². The standard InChI is InChI=1S/C18H18N2O5/c1-11-8-14-16(25-11)9-15(18(22)24-3)20(14)10-17(21)19-12-4-6-13(23-2)7-5-12/h4-9H,10H2,1-3H3,(H,19,21). The maximum absolute atomic E-state index is 12.4. The number of esters is 1. The second kappa shape index (κ2) is 6.72. The van der Waals surface area contributed by atoms with Crippen molar-refractivity contribution < 1.29 is 23.5 Å². The Bertz CT molecular complexity index is 921. The third kappa shape index (κ3) is 3.35. The number of methoxy groups -OCH3 is 2. The van der Waals surface area contributed by atoms with Crippen molar-refractivity contribution in [3.8, 4) is 5.75 Å². The molecule has 1 amide bonds. The quantitative estimate of drug-likeness (QED) is 0.721. The molecule has 1 N–H and O–H groups in total. The van der Waals surface area contributed by atoms with Gasteiger partial charge in [0, 0.05) is 17.8 Å². The minimum absolute atomic E-state index is 0.0427.